The lowest BCUT2D eigenvalue weighted by atomic mass is 10.2. The van der Waals surface area contributed by atoms with Gasteiger partial charge in [-0.2, -0.15) is 0 Å². The van der Waals surface area contributed by atoms with Crippen LogP contribution in [-0.2, 0) is 10.0 Å². The zero-order valence-corrected chi connectivity index (χ0v) is 12.1. The molecule has 0 aliphatic rings. The lowest BCUT2D eigenvalue weighted by molar-refractivity contribution is 0.603. The molecule has 7 heteroatoms. The van der Waals surface area contributed by atoms with Gasteiger partial charge in [0.15, 0.2) is 0 Å². The van der Waals surface area contributed by atoms with Crippen LogP contribution < -0.4 is 10.5 Å². The number of nitrogens with two attached hydrogens (primary N) is 1. The smallest absolute Gasteiger partial charge is 0.271 e. The van der Waals surface area contributed by atoms with E-state index in [1.807, 2.05) is 23.6 Å². The van der Waals surface area contributed by atoms with Crippen LogP contribution in [0.1, 0.15) is 0 Å². The highest BCUT2D eigenvalue weighted by Gasteiger charge is 2.16. The van der Waals surface area contributed by atoms with E-state index in [-0.39, 0.29) is 4.21 Å². The van der Waals surface area contributed by atoms with Crippen molar-refractivity contribution in [3.8, 4) is 0 Å². The zero-order chi connectivity index (χ0) is 13.5. The SMILES string of the molecule is Nc1csc(S(=O)(=O)Nc2ccc3sccc3c2)c1. The molecule has 19 heavy (non-hydrogen) atoms. The van der Waals surface area contributed by atoms with Gasteiger partial charge in [0.2, 0.25) is 0 Å². The maximum absolute atomic E-state index is 12.1. The third-order valence-corrected chi connectivity index (χ3v) is 6.30. The summed E-state index contributed by atoms with van der Waals surface area (Å²) in [5.74, 6) is 0. The molecule has 0 saturated carbocycles. The van der Waals surface area contributed by atoms with Gasteiger partial charge in [-0.25, -0.2) is 8.42 Å². The molecule has 4 nitrogen and oxygen atoms in total. The maximum atomic E-state index is 12.1. The molecule has 2 heterocycles. The Morgan fingerprint density at radius 2 is 1.95 bits per heavy atom. The summed E-state index contributed by atoms with van der Waals surface area (Å²) in [5, 5.41) is 4.61. The maximum Gasteiger partial charge on any atom is 0.271 e. The first kappa shape index (κ1) is 12.5. The number of hydrogen-bond acceptors (Lipinski definition) is 5. The fourth-order valence-corrected chi connectivity index (χ4v) is 4.61. The normalized spacial score (nSPS) is 11.8. The average Bonchev–Trinajstić information content (AvgIpc) is 2.96. The second kappa shape index (κ2) is 4.52. The van der Waals surface area contributed by atoms with Crippen molar-refractivity contribution in [2.24, 2.45) is 0 Å². The number of nitrogens with one attached hydrogen (secondary N) is 1. The van der Waals surface area contributed by atoms with E-state index in [0.717, 1.165) is 21.4 Å². The molecule has 0 radical (unpaired) electrons. The van der Waals surface area contributed by atoms with E-state index in [0.29, 0.717) is 11.4 Å². The molecule has 0 atom stereocenters. The van der Waals surface area contributed by atoms with Crippen molar-refractivity contribution >= 4 is 54.2 Å². The largest absolute Gasteiger partial charge is 0.398 e. The van der Waals surface area contributed by atoms with Gasteiger partial charge in [-0.1, -0.05) is 0 Å². The highest BCUT2D eigenvalue weighted by Crippen LogP contribution is 2.27. The van der Waals surface area contributed by atoms with Crippen LogP contribution in [0.2, 0.25) is 0 Å². The monoisotopic (exact) mass is 310 g/mol. The molecule has 0 aliphatic carbocycles. The molecule has 0 aliphatic heterocycles. The van der Waals surface area contributed by atoms with Crippen LogP contribution in [-0.4, -0.2) is 8.42 Å². The summed E-state index contributed by atoms with van der Waals surface area (Å²) in [4.78, 5) is 0. The van der Waals surface area contributed by atoms with E-state index in [1.54, 1.807) is 22.8 Å². The number of rotatable bonds is 3. The topological polar surface area (TPSA) is 72.2 Å². The first-order chi connectivity index (χ1) is 9.04. The zero-order valence-electron chi connectivity index (χ0n) is 9.66. The summed E-state index contributed by atoms with van der Waals surface area (Å²) >= 11 is 2.73. The first-order valence-electron chi connectivity index (χ1n) is 5.39. The summed E-state index contributed by atoms with van der Waals surface area (Å²) in [6, 6.07) is 8.89. The van der Waals surface area contributed by atoms with Gasteiger partial charge < -0.3 is 5.73 Å². The Balaban J connectivity index is 1.95. The molecule has 1 aromatic carbocycles. The molecule has 0 amide bonds. The molecule has 0 spiro atoms. The number of thiophene rings is 2. The third kappa shape index (κ3) is 2.44. The van der Waals surface area contributed by atoms with E-state index >= 15 is 0 Å². The number of anilines is 2. The second-order valence-electron chi connectivity index (χ2n) is 3.98. The Kier molecular flexibility index (Phi) is 2.96. The highest BCUT2D eigenvalue weighted by atomic mass is 32.2. The third-order valence-electron chi connectivity index (χ3n) is 2.57. The Labute approximate surface area is 118 Å². The summed E-state index contributed by atoms with van der Waals surface area (Å²) in [6.07, 6.45) is 0. The van der Waals surface area contributed by atoms with Gasteiger partial charge in [-0.05, 0) is 41.1 Å². The average molecular weight is 310 g/mol. The summed E-state index contributed by atoms with van der Waals surface area (Å²) < 4.78 is 28.2. The summed E-state index contributed by atoms with van der Waals surface area (Å²) in [7, 11) is -3.55. The van der Waals surface area contributed by atoms with E-state index in [9.17, 15) is 8.42 Å². The van der Waals surface area contributed by atoms with E-state index < -0.39 is 10.0 Å². The number of fused-ring (bicyclic) bond motifs is 1. The van der Waals surface area contributed by atoms with Crippen LogP contribution in [0.3, 0.4) is 0 Å². The molecule has 3 rings (SSSR count). The standard InChI is InChI=1S/C12H10N2O2S3/c13-9-6-12(18-7-9)19(15,16)14-10-1-2-11-8(5-10)3-4-17-11/h1-7,14H,13H2. The highest BCUT2D eigenvalue weighted by molar-refractivity contribution is 7.94. The molecule has 2 aromatic heterocycles. The fourth-order valence-electron chi connectivity index (χ4n) is 1.71. The molecule has 3 N–H and O–H groups in total. The van der Waals surface area contributed by atoms with Gasteiger partial charge in [-0.3, -0.25) is 4.72 Å². The van der Waals surface area contributed by atoms with E-state index in [2.05, 4.69) is 4.72 Å². The van der Waals surface area contributed by atoms with Gasteiger partial charge in [0.25, 0.3) is 10.0 Å². The Morgan fingerprint density at radius 1 is 1.11 bits per heavy atom. The van der Waals surface area contributed by atoms with Crippen LogP contribution in [0.25, 0.3) is 10.1 Å². The number of hydrogen-bond donors (Lipinski definition) is 2. The molecule has 3 aromatic rings. The number of benzene rings is 1. The Bertz CT molecular complexity index is 833. The number of nitrogen functional groups attached to an aromatic ring is 1. The van der Waals surface area contributed by atoms with Crippen LogP contribution in [0.5, 0.6) is 0 Å². The lowest BCUT2D eigenvalue weighted by Crippen LogP contribution is -2.11. The van der Waals surface area contributed by atoms with E-state index in [1.165, 1.54) is 6.07 Å². The van der Waals surface area contributed by atoms with E-state index in [4.69, 9.17) is 5.73 Å². The molecule has 98 valence electrons. The quantitative estimate of drug-likeness (QED) is 0.779. The second-order valence-corrected chi connectivity index (χ2v) is 7.75. The van der Waals surface area contributed by atoms with Crippen LogP contribution in [0, 0.1) is 0 Å². The first-order valence-corrected chi connectivity index (χ1v) is 8.63. The van der Waals surface area contributed by atoms with Gasteiger partial charge in [-0.15, -0.1) is 22.7 Å². The molecule has 0 saturated heterocycles. The van der Waals surface area contributed by atoms with Gasteiger partial charge in [0, 0.05) is 21.5 Å². The summed E-state index contributed by atoms with van der Waals surface area (Å²) in [6.45, 7) is 0. The number of sulfonamides is 1. The minimum absolute atomic E-state index is 0.218. The van der Waals surface area contributed by atoms with Crippen molar-refractivity contribution in [2.75, 3.05) is 10.5 Å². The van der Waals surface area contributed by atoms with Gasteiger partial charge in [0.1, 0.15) is 4.21 Å². The Hall–Kier alpha value is -1.57. The van der Waals surface area contributed by atoms with Crippen LogP contribution in [0.4, 0.5) is 11.4 Å². The molecular weight excluding hydrogens is 300 g/mol. The Morgan fingerprint density at radius 3 is 2.68 bits per heavy atom. The molecular formula is C12H10N2O2S3. The van der Waals surface area contributed by atoms with Crippen LogP contribution in [0.15, 0.2) is 45.3 Å². The van der Waals surface area contributed by atoms with Gasteiger partial charge in [0.05, 0.1) is 0 Å². The minimum Gasteiger partial charge on any atom is -0.398 e. The van der Waals surface area contributed by atoms with Crippen molar-refractivity contribution in [1.82, 2.24) is 0 Å². The summed E-state index contributed by atoms with van der Waals surface area (Å²) in [5.41, 5.74) is 6.56. The van der Waals surface area contributed by atoms with Crippen molar-refractivity contribution in [3.05, 3.63) is 41.1 Å². The fraction of sp³-hybridized carbons (Fsp3) is 0. The van der Waals surface area contributed by atoms with Crippen molar-refractivity contribution in [3.63, 3.8) is 0 Å². The predicted octanol–water partition coefficient (Wildman–Crippen LogP) is 3.35. The lowest BCUT2D eigenvalue weighted by Gasteiger charge is -2.06. The minimum atomic E-state index is -3.55. The predicted molar refractivity (Wildman–Crippen MR) is 81.4 cm³/mol. The van der Waals surface area contributed by atoms with Crippen molar-refractivity contribution in [2.45, 2.75) is 4.21 Å². The van der Waals surface area contributed by atoms with Gasteiger partial charge >= 0.3 is 0 Å². The van der Waals surface area contributed by atoms with Crippen molar-refractivity contribution in [1.29, 1.82) is 0 Å². The molecule has 0 unspecified atom stereocenters. The van der Waals surface area contributed by atoms with Crippen molar-refractivity contribution < 1.29 is 8.42 Å². The van der Waals surface area contributed by atoms with Crippen LogP contribution >= 0.6 is 22.7 Å². The molecule has 0 bridgehead atoms. The molecule has 0 fully saturated rings.